The molecule has 0 aliphatic carbocycles. The van der Waals surface area contributed by atoms with Gasteiger partial charge in [0.1, 0.15) is 22.5 Å². The third-order valence-corrected chi connectivity index (χ3v) is 6.35. The van der Waals surface area contributed by atoms with Crippen molar-refractivity contribution in [1.29, 1.82) is 0 Å². The molecule has 2 nitrogen and oxygen atoms in total. The highest BCUT2D eigenvalue weighted by Gasteiger charge is 2.23. The molecule has 170 valence electrons. The molecule has 0 atom stereocenters. The molecule has 1 aliphatic rings. The van der Waals surface area contributed by atoms with Gasteiger partial charge >= 0.3 is 0 Å². The first kappa shape index (κ1) is 23.1. The number of halogens is 4. The van der Waals surface area contributed by atoms with Crippen molar-refractivity contribution in [2.75, 3.05) is 13.2 Å². The van der Waals surface area contributed by atoms with Gasteiger partial charge in [0.2, 0.25) is 0 Å². The zero-order valence-electron chi connectivity index (χ0n) is 18.0. The largest absolute Gasteiger partial charge is 0.348 e. The summed E-state index contributed by atoms with van der Waals surface area (Å²) < 4.78 is 54.2. The molecular formula is C26H26ClF3O2. The molecule has 32 heavy (non-hydrogen) atoms. The zero-order valence-corrected chi connectivity index (χ0v) is 18.7. The highest BCUT2D eigenvalue weighted by atomic mass is 35.5. The fourth-order valence-corrected chi connectivity index (χ4v) is 4.23. The molecule has 0 radical (unpaired) electrons. The summed E-state index contributed by atoms with van der Waals surface area (Å²) in [6.45, 7) is 3.51. The van der Waals surface area contributed by atoms with Crippen LogP contribution in [0.4, 0.5) is 13.2 Å². The normalized spacial score (nSPS) is 18.9. The average Bonchev–Trinajstić information content (AvgIpc) is 2.81. The first-order chi connectivity index (χ1) is 15.5. The summed E-state index contributed by atoms with van der Waals surface area (Å²) in [4.78, 5) is 0. The van der Waals surface area contributed by atoms with E-state index in [9.17, 15) is 8.78 Å². The Balaban J connectivity index is 1.46. The molecule has 1 saturated heterocycles. The van der Waals surface area contributed by atoms with Gasteiger partial charge in [-0.05, 0) is 54.0 Å². The molecule has 3 aromatic carbocycles. The Bertz CT molecular complexity index is 1070. The van der Waals surface area contributed by atoms with Crippen molar-refractivity contribution in [3.63, 3.8) is 0 Å². The van der Waals surface area contributed by atoms with Crippen LogP contribution in [0.15, 0.2) is 42.5 Å². The maximum absolute atomic E-state index is 15.1. The van der Waals surface area contributed by atoms with Gasteiger partial charge in [-0.25, -0.2) is 13.2 Å². The van der Waals surface area contributed by atoms with E-state index in [0.717, 1.165) is 23.8 Å². The van der Waals surface area contributed by atoms with Crippen LogP contribution in [0.1, 0.15) is 49.2 Å². The van der Waals surface area contributed by atoms with E-state index in [1.54, 1.807) is 12.1 Å². The van der Waals surface area contributed by atoms with Crippen LogP contribution >= 0.6 is 11.6 Å². The fourth-order valence-electron chi connectivity index (χ4n) is 4.12. The van der Waals surface area contributed by atoms with Crippen molar-refractivity contribution in [2.24, 2.45) is 5.92 Å². The molecule has 0 N–H and O–H groups in total. The van der Waals surface area contributed by atoms with Gasteiger partial charge < -0.3 is 9.47 Å². The van der Waals surface area contributed by atoms with E-state index < -0.39 is 22.9 Å². The Morgan fingerprint density at radius 2 is 1.66 bits per heavy atom. The Morgan fingerprint density at radius 1 is 0.938 bits per heavy atom. The first-order valence-corrected chi connectivity index (χ1v) is 11.4. The Kier molecular flexibility index (Phi) is 7.39. The summed E-state index contributed by atoms with van der Waals surface area (Å²) in [6.07, 6.45) is 3.61. The van der Waals surface area contributed by atoms with Crippen molar-refractivity contribution in [1.82, 2.24) is 0 Å². The third-order valence-electron chi connectivity index (χ3n) is 5.99. The summed E-state index contributed by atoms with van der Waals surface area (Å²) >= 11 is 5.53. The molecule has 0 amide bonds. The number of hydrogen-bond donors (Lipinski definition) is 0. The topological polar surface area (TPSA) is 18.5 Å². The molecule has 1 heterocycles. The zero-order chi connectivity index (χ0) is 22.7. The van der Waals surface area contributed by atoms with E-state index >= 15 is 4.39 Å². The molecule has 0 aromatic heterocycles. The van der Waals surface area contributed by atoms with Gasteiger partial charge in [0.05, 0.1) is 13.2 Å². The minimum atomic E-state index is -0.808. The van der Waals surface area contributed by atoms with E-state index in [1.807, 2.05) is 18.2 Å². The van der Waals surface area contributed by atoms with Gasteiger partial charge in [-0.2, -0.15) is 0 Å². The Labute approximate surface area is 191 Å². The maximum atomic E-state index is 15.1. The van der Waals surface area contributed by atoms with Crippen molar-refractivity contribution in [2.45, 2.75) is 45.3 Å². The standard InChI is InChI=1S/C26H26ClF3O2/c1-2-3-4-17-14-31-26(32-15-17)20-9-10-21-19(13-20)8-7-18(25(21)30)6-5-16-11-22(28)24(27)23(29)12-16/h7-13,17,26H,2-6,14-15H2,1H3. The third kappa shape index (κ3) is 5.11. The lowest BCUT2D eigenvalue weighted by Crippen LogP contribution is -2.27. The van der Waals surface area contributed by atoms with Crippen LogP contribution in [-0.4, -0.2) is 13.2 Å². The second kappa shape index (κ2) is 10.2. The van der Waals surface area contributed by atoms with Crippen molar-refractivity contribution in [3.05, 3.63) is 81.6 Å². The average molecular weight is 463 g/mol. The second-order valence-corrected chi connectivity index (χ2v) is 8.78. The Hall–Kier alpha value is -2.08. The molecular weight excluding hydrogens is 437 g/mol. The van der Waals surface area contributed by atoms with Crippen LogP contribution in [0, 0.1) is 23.4 Å². The number of aryl methyl sites for hydroxylation is 2. The summed E-state index contributed by atoms with van der Waals surface area (Å²) in [7, 11) is 0. The number of fused-ring (bicyclic) bond motifs is 1. The minimum absolute atomic E-state index is 0.300. The lowest BCUT2D eigenvalue weighted by molar-refractivity contribution is -0.206. The van der Waals surface area contributed by atoms with E-state index in [4.69, 9.17) is 21.1 Å². The number of benzene rings is 3. The molecule has 0 bridgehead atoms. The summed E-state index contributed by atoms with van der Waals surface area (Å²) in [5, 5.41) is 0.729. The number of ether oxygens (including phenoxy) is 2. The van der Waals surface area contributed by atoms with Crippen LogP contribution in [0.25, 0.3) is 10.8 Å². The van der Waals surface area contributed by atoms with Crippen LogP contribution in [0.5, 0.6) is 0 Å². The monoisotopic (exact) mass is 462 g/mol. The SMILES string of the molecule is CCCCC1COC(c2ccc3c(F)c(CCc4cc(F)c(Cl)c(F)c4)ccc3c2)OC1. The van der Waals surface area contributed by atoms with Gasteiger partial charge in [-0.15, -0.1) is 0 Å². The minimum Gasteiger partial charge on any atom is -0.348 e. The lowest BCUT2D eigenvalue weighted by Gasteiger charge is -2.29. The molecule has 6 heteroatoms. The van der Waals surface area contributed by atoms with Crippen molar-refractivity contribution in [3.8, 4) is 0 Å². The van der Waals surface area contributed by atoms with Gasteiger partial charge in [0.15, 0.2) is 6.29 Å². The quantitative estimate of drug-likeness (QED) is 0.337. The van der Waals surface area contributed by atoms with Crippen LogP contribution in [-0.2, 0) is 22.3 Å². The van der Waals surface area contributed by atoms with Gasteiger partial charge in [-0.1, -0.05) is 55.6 Å². The number of unbranched alkanes of at least 4 members (excludes halogenated alkanes) is 1. The Morgan fingerprint density at radius 3 is 2.34 bits per heavy atom. The smallest absolute Gasteiger partial charge is 0.183 e. The fraction of sp³-hybridized carbons (Fsp3) is 0.385. The summed E-state index contributed by atoms with van der Waals surface area (Å²) in [5.41, 5.74) is 1.79. The summed E-state index contributed by atoms with van der Waals surface area (Å²) in [5.74, 6) is -1.52. The molecule has 0 unspecified atom stereocenters. The second-order valence-electron chi connectivity index (χ2n) is 8.40. The van der Waals surface area contributed by atoms with Gasteiger partial charge in [-0.3, -0.25) is 0 Å². The van der Waals surface area contributed by atoms with Crippen molar-refractivity contribution >= 4 is 22.4 Å². The van der Waals surface area contributed by atoms with Crippen LogP contribution in [0.2, 0.25) is 5.02 Å². The maximum Gasteiger partial charge on any atom is 0.183 e. The first-order valence-electron chi connectivity index (χ1n) is 11.0. The van der Waals surface area contributed by atoms with Crippen LogP contribution < -0.4 is 0 Å². The predicted octanol–water partition coefficient (Wildman–Crippen LogP) is 7.55. The number of hydrogen-bond acceptors (Lipinski definition) is 2. The van der Waals surface area contributed by atoms with Gasteiger partial charge in [0.25, 0.3) is 0 Å². The van der Waals surface area contributed by atoms with Gasteiger partial charge in [0, 0.05) is 16.9 Å². The van der Waals surface area contributed by atoms with E-state index in [-0.39, 0.29) is 5.82 Å². The number of rotatable bonds is 7. The molecule has 4 rings (SSSR count). The molecule has 0 saturated carbocycles. The van der Waals surface area contributed by atoms with Crippen molar-refractivity contribution < 1.29 is 22.6 Å². The lowest BCUT2D eigenvalue weighted by atomic mass is 9.98. The highest BCUT2D eigenvalue weighted by molar-refractivity contribution is 6.30. The molecule has 1 fully saturated rings. The molecule has 0 spiro atoms. The molecule has 1 aliphatic heterocycles. The highest BCUT2D eigenvalue weighted by Crippen LogP contribution is 2.31. The molecule has 3 aromatic rings. The van der Waals surface area contributed by atoms with E-state index in [2.05, 4.69) is 6.92 Å². The predicted molar refractivity (Wildman–Crippen MR) is 120 cm³/mol. The van der Waals surface area contributed by atoms with E-state index in [0.29, 0.717) is 48.5 Å². The summed E-state index contributed by atoms with van der Waals surface area (Å²) in [6, 6.07) is 11.4. The van der Waals surface area contributed by atoms with Crippen LogP contribution in [0.3, 0.4) is 0 Å². The van der Waals surface area contributed by atoms with E-state index in [1.165, 1.54) is 18.6 Å².